The second kappa shape index (κ2) is 13.3. The Labute approximate surface area is 291 Å². The van der Waals surface area contributed by atoms with Crippen LogP contribution in [0.4, 0.5) is 0 Å². The average Bonchev–Trinajstić information content (AvgIpc) is 3.70. The number of carbonyl (C=O) groups excluding carboxylic acids is 1. The van der Waals surface area contributed by atoms with Gasteiger partial charge in [-0.2, -0.15) is 15.5 Å². The molecule has 1 aliphatic heterocycles. The minimum atomic E-state index is -0.436. The lowest BCUT2D eigenvalue weighted by atomic mass is 9.98. The molecule has 0 fully saturated rings. The third-order valence-electron chi connectivity index (χ3n) is 8.79. The summed E-state index contributed by atoms with van der Waals surface area (Å²) >= 11 is 10.4. The van der Waals surface area contributed by atoms with Gasteiger partial charge in [-0.25, -0.2) is 4.79 Å². The number of benzene rings is 3. The lowest BCUT2D eigenvalue weighted by Crippen LogP contribution is -2.11. The third-order valence-corrected chi connectivity index (χ3v) is 11.1. The summed E-state index contributed by atoms with van der Waals surface area (Å²) < 4.78 is 17.1. The highest BCUT2D eigenvalue weighted by atomic mass is 35.5. The first kappa shape index (κ1) is 32.2. The quantitative estimate of drug-likeness (QED) is 0.161. The van der Waals surface area contributed by atoms with E-state index in [1.807, 2.05) is 47.6 Å². The minimum Gasteiger partial charge on any atom is -0.493 e. The molecule has 4 heterocycles. The number of aryl methyl sites for hydroxylation is 4. The Morgan fingerprint density at radius 2 is 1.83 bits per heavy atom. The Morgan fingerprint density at radius 3 is 2.65 bits per heavy atom. The van der Waals surface area contributed by atoms with Crippen LogP contribution in [-0.4, -0.2) is 43.8 Å². The van der Waals surface area contributed by atoms with Gasteiger partial charge in [0.25, 0.3) is 0 Å². The van der Waals surface area contributed by atoms with E-state index in [9.17, 15) is 10.1 Å². The van der Waals surface area contributed by atoms with Gasteiger partial charge in [0.15, 0.2) is 0 Å². The van der Waals surface area contributed by atoms with Crippen LogP contribution in [0, 0.1) is 11.3 Å². The van der Waals surface area contributed by atoms with Crippen LogP contribution in [0.25, 0.3) is 32.8 Å². The van der Waals surface area contributed by atoms with Crippen molar-refractivity contribution in [1.29, 1.82) is 5.26 Å². The zero-order valence-electron chi connectivity index (χ0n) is 27.0. The van der Waals surface area contributed by atoms with Crippen LogP contribution < -0.4 is 4.74 Å². The van der Waals surface area contributed by atoms with Crippen molar-refractivity contribution < 1.29 is 14.3 Å². The second-order valence-electron chi connectivity index (χ2n) is 11.7. The molecule has 0 saturated carbocycles. The number of hydrogen-bond donors (Lipinski definition) is 0. The lowest BCUT2D eigenvalue weighted by molar-refractivity contribution is 0.0589. The Balaban J connectivity index is 1.38. The maximum atomic E-state index is 13.3. The SMILES string of the molecule is COC(=O)c1c2c3ccc(Cl)c(c3n1C)-c1c(nn(C)c1C#N)CSCc1cc(n(C)n1)CSc1cc(c3ccccc3c1)OCCC2. The maximum Gasteiger partial charge on any atom is 0.354 e. The molecule has 244 valence electrons. The first-order valence-electron chi connectivity index (χ1n) is 15.5. The highest BCUT2D eigenvalue weighted by Gasteiger charge is 2.28. The van der Waals surface area contributed by atoms with Crippen molar-refractivity contribution in [2.75, 3.05) is 13.7 Å². The van der Waals surface area contributed by atoms with E-state index in [0.29, 0.717) is 58.5 Å². The van der Waals surface area contributed by atoms with Crippen LogP contribution in [0.1, 0.15) is 45.2 Å². The van der Waals surface area contributed by atoms with E-state index in [1.165, 1.54) is 7.11 Å². The highest BCUT2D eigenvalue weighted by Crippen LogP contribution is 2.43. The Morgan fingerprint density at radius 1 is 1.00 bits per heavy atom. The van der Waals surface area contributed by atoms with Gasteiger partial charge in [0.05, 0.1) is 35.6 Å². The summed E-state index contributed by atoms with van der Waals surface area (Å²) in [6.07, 6.45) is 1.22. The van der Waals surface area contributed by atoms with Crippen molar-refractivity contribution in [2.24, 2.45) is 21.1 Å². The van der Waals surface area contributed by atoms with E-state index in [4.69, 9.17) is 31.3 Å². The smallest absolute Gasteiger partial charge is 0.354 e. The molecule has 0 amide bonds. The fraction of sp³-hybridized carbons (Fsp3) is 0.278. The van der Waals surface area contributed by atoms with Crippen molar-refractivity contribution in [3.05, 3.63) is 93.7 Å². The molecule has 3 aromatic heterocycles. The standard InChI is InChI=1S/C36H33ClN6O3S2/c1-41-34-27-11-12-28(37)32(34)33-29(40-43(3)30(33)17-38)20-47-18-22-15-23(42(2)39-22)19-48-24-14-21-8-5-6-9-25(21)31(16-24)46-13-7-10-26(27)35(41)36(44)45-4/h5-6,8-9,11-12,14-16H,7,10,13,18-20H2,1-4H3. The average molecular weight is 697 g/mol. The molecule has 1 aliphatic rings. The van der Waals surface area contributed by atoms with Crippen LogP contribution in [0.15, 0.2) is 59.5 Å². The van der Waals surface area contributed by atoms with Crippen LogP contribution in [-0.2, 0) is 49.6 Å². The molecular formula is C36H33ClN6O3S2. The van der Waals surface area contributed by atoms with Gasteiger partial charge >= 0.3 is 5.97 Å². The molecule has 6 aromatic rings. The summed E-state index contributed by atoms with van der Waals surface area (Å²) in [5.74, 6) is 2.36. The number of aromatic nitrogens is 5. The molecule has 8 bridgehead atoms. The van der Waals surface area contributed by atoms with Crippen LogP contribution >= 0.6 is 35.1 Å². The molecule has 7 rings (SSSR count). The molecule has 0 radical (unpaired) electrons. The lowest BCUT2D eigenvalue weighted by Gasteiger charge is -2.12. The highest BCUT2D eigenvalue weighted by molar-refractivity contribution is 7.98. The fourth-order valence-corrected chi connectivity index (χ4v) is 8.67. The monoisotopic (exact) mass is 696 g/mol. The van der Waals surface area contributed by atoms with Gasteiger partial charge in [-0.3, -0.25) is 9.36 Å². The number of nitriles is 1. The summed E-state index contributed by atoms with van der Waals surface area (Å²) in [6.45, 7) is 0.448. The number of nitrogens with zero attached hydrogens (tertiary/aromatic N) is 6. The summed E-state index contributed by atoms with van der Waals surface area (Å²) in [7, 11) is 6.98. The molecule has 3 aromatic carbocycles. The van der Waals surface area contributed by atoms with Crippen LogP contribution in [0.3, 0.4) is 0 Å². The van der Waals surface area contributed by atoms with Crippen molar-refractivity contribution in [3.63, 3.8) is 0 Å². The van der Waals surface area contributed by atoms with Gasteiger partial charge in [0.1, 0.15) is 23.2 Å². The second-order valence-corrected chi connectivity index (χ2v) is 14.2. The van der Waals surface area contributed by atoms with E-state index in [1.54, 1.807) is 35.3 Å². The van der Waals surface area contributed by atoms with E-state index in [-0.39, 0.29) is 0 Å². The van der Waals surface area contributed by atoms with Crippen molar-refractivity contribution in [2.45, 2.75) is 35.0 Å². The number of methoxy groups -OCH3 is 1. The van der Waals surface area contributed by atoms with E-state index >= 15 is 0 Å². The summed E-state index contributed by atoms with van der Waals surface area (Å²) in [6, 6.07) is 20.9. The van der Waals surface area contributed by atoms with E-state index < -0.39 is 5.97 Å². The molecule has 0 spiro atoms. The fourth-order valence-electron chi connectivity index (χ4n) is 6.59. The molecule has 0 atom stereocenters. The number of esters is 1. The topological polar surface area (TPSA) is 99.9 Å². The van der Waals surface area contributed by atoms with Crippen LogP contribution in [0.5, 0.6) is 5.75 Å². The Hall–Kier alpha value is -4.37. The van der Waals surface area contributed by atoms with E-state index in [0.717, 1.165) is 60.7 Å². The predicted molar refractivity (Wildman–Crippen MR) is 192 cm³/mol. The molecule has 12 heteroatoms. The first-order valence-corrected chi connectivity index (χ1v) is 18.0. The van der Waals surface area contributed by atoms with Gasteiger partial charge in [-0.1, -0.05) is 41.9 Å². The molecule has 9 nitrogen and oxygen atoms in total. The number of ether oxygens (including phenoxy) is 2. The van der Waals surface area contributed by atoms with Crippen molar-refractivity contribution in [1.82, 2.24) is 24.1 Å². The molecule has 48 heavy (non-hydrogen) atoms. The zero-order valence-corrected chi connectivity index (χ0v) is 29.4. The van der Waals surface area contributed by atoms with Crippen molar-refractivity contribution in [3.8, 4) is 22.9 Å². The number of carbonyl (C=O) groups is 1. The normalized spacial score (nSPS) is 13.9. The predicted octanol–water partition coefficient (Wildman–Crippen LogP) is 7.83. The first-order chi connectivity index (χ1) is 23.3. The number of rotatable bonds is 1. The molecule has 0 N–H and O–H groups in total. The molecule has 0 aliphatic carbocycles. The summed E-state index contributed by atoms with van der Waals surface area (Å²) in [5, 5.41) is 23.4. The van der Waals surface area contributed by atoms with Gasteiger partial charge in [0, 0.05) is 70.9 Å². The van der Waals surface area contributed by atoms with E-state index in [2.05, 4.69) is 36.4 Å². The van der Waals surface area contributed by atoms with Gasteiger partial charge in [-0.15, -0.1) is 23.5 Å². The number of fused-ring (bicyclic) bond motifs is 8. The number of thioether (sulfide) groups is 2. The third kappa shape index (κ3) is 5.72. The number of hydrogen-bond acceptors (Lipinski definition) is 8. The van der Waals surface area contributed by atoms with Crippen molar-refractivity contribution >= 4 is 62.8 Å². The van der Waals surface area contributed by atoms with Gasteiger partial charge < -0.3 is 14.0 Å². The Kier molecular flexibility index (Phi) is 8.90. The largest absolute Gasteiger partial charge is 0.493 e. The molecule has 0 unspecified atom stereocenters. The minimum absolute atomic E-state index is 0.403. The molecular weight excluding hydrogens is 664 g/mol. The van der Waals surface area contributed by atoms with Crippen LogP contribution in [0.2, 0.25) is 5.02 Å². The Bertz CT molecular complexity index is 2260. The number of halogens is 1. The zero-order chi connectivity index (χ0) is 33.5. The summed E-state index contributed by atoms with van der Waals surface area (Å²) in [5.41, 5.74) is 6.65. The summed E-state index contributed by atoms with van der Waals surface area (Å²) in [4.78, 5) is 14.4. The maximum absolute atomic E-state index is 13.3. The van der Waals surface area contributed by atoms with Gasteiger partial charge in [-0.05, 0) is 48.1 Å². The van der Waals surface area contributed by atoms with Gasteiger partial charge in [0.2, 0.25) is 0 Å². The molecule has 0 saturated heterocycles.